The van der Waals surface area contributed by atoms with E-state index in [9.17, 15) is 9.59 Å². The lowest BCUT2D eigenvalue weighted by Gasteiger charge is -2.18. The SMILES string of the molecule is [B]C(=O)NC(=N)c1ccccc1-c1ccc(Cc2c(CCCC)nc(CC3CC3)n(-c3ccc4c(c3)CCO4)c2=O)cc1. The third-order valence-corrected chi connectivity index (χ3v) is 8.29. The van der Waals surface area contributed by atoms with Gasteiger partial charge in [-0.25, -0.2) is 4.98 Å². The fourth-order valence-corrected chi connectivity index (χ4v) is 5.82. The number of aryl methyl sites for hydroxylation is 1. The summed E-state index contributed by atoms with van der Waals surface area (Å²) in [6.07, 6.45) is 7.29. The predicted molar refractivity (Wildman–Crippen MR) is 170 cm³/mol. The molecule has 0 unspecified atom stereocenters. The molecule has 2 aliphatic rings. The van der Waals surface area contributed by atoms with Gasteiger partial charge >= 0.3 is 0 Å². The molecule has 3 aromatic carbocycles. The Labute approximate surface area is 253 Å². The highest BCUT2D eigenvalue weighted by Gasteiger charge is 2.27. The fraction of sp³-hybridized carbons (Fsp3) is 0.314. The Balaban J connectivity index is 1.37. The number of carbonyl (C=O) groups excluding carboxylic acids is 1. The van der Waals surface area contributed by atoms with Gasteiger partial charge in [0.05, 0.1) is 18.0 Å². The summed E-state index contributed by atoms with van der Waals surface area (Å²) in [5.74, 6) is 1.53. The molecule has 2 radical (unpaired) electrons. The lowest BCUT2D eigenvalue weighted by molar-refractivity contribution is 0.263. The van der Waals surface area contributed by atoms with Crippen molar-refractivity contribution in [3.05, 3.63) is 111 Å². The van der Waals surface area contributed by atoms with Crippen LogP contribution in [0.2, 0.25) is 0 Å². The maximum Gasteiger partial charge on any atom is 0.261 e. The van der Waals surface area contributed by atoms with E-state index in [1.807, 2.05) is 59.2 Å². The first-order valence-electron chi connectivity index (χ1n) is 15.1. The van der Waals surface area contributed by atoms with Gasteiger partial charge in [0, 0.05) is 30.4 Å². The number of benzene rings is 3. The van der Waals surface area contributed by atoms with Crippen molar-refractivity contribution in [3.8, 4) is 22.6 Å². The molecule has 1 aliphatic heterocycles. The molecule has 0 bridgehead atoms. The van der Waals surface area contributed by atoms with Crippen LogP contribution in [-0.2, 0) is 25.7 Å². The fourth-order valence-electron chi connectivity index (χ4n) is 5.82. The summed E-state index contributed by atoms with van der Waals surface area (Å²) in [4.78, 5) is 30.9. The van der Waals surface area contributed by atoms with E-state index in [2.05, 4.69) is 18.3 Å². The number of ether oxygens (including phenoxy) is 1. The first-order chi connectivity index (χ1) is 20.9. The Kier molecular flexibility index (Phi) is 8.28. The van der Waals surface area contributed by atoms with Crippen LogP contribution in [0.5, 0.6) is 5.75 Å². The van der Waals surface area contributed by atoms with Gasteiger partial charge in [-0.05, 0) is 72.1 Å². The third-order valence-electron chi connectivity index (χ3n) is 8.29. The molecule has 1 aliphatic carbocycles. The molecule has 1 amide bonds. The minimum atomic E-state index is -0.773. The Bertz CT molecular complexity index is 1740. The van der Waals surface area contributed by atoms with E-state index >= 15 is 0 Å². The van der Waals surface area contributed by atoms with Gasteiger partial charge in [0.2, 0.25) is 7.85 Å². The monoisotopic (exact) mass is 570 g/mol. The molecule has 1 saturated carbocycles. The van der Waals surface area contributed by atoms with Crippen LogP contribution >= 0.6 is 0 Å². The standard InChI is InChI=1S/C35H35BN4O3/c1-2-3-8-30-29(19-22-11-13-24(14-12-22)27-6-4-5-7-28(27)33(37)39-35(36)42)34(41)40(32(38-30)20-23-9-10-23)26-15-16-31-25(21-26)17-18-43-31/h4-7,11-16,21,23H,2-3,8-10,17-20H2,1H3,(H2,37,39,42). The second kappa shape index (κ2) is 12.4. The number of unbranched alkanes of at least 4 members (excludes halogenated alkanes) is 1. The van der Waals surface area contributed by atoms with Gasteiger partial charge in [0.25, 0.3) is 5.56 Å². The Morgan fingerprint density at radius 2 is 1.91 bits per heavy atom. The van der Waals surface area contributed by atoms with Crippen LogP contribution in [0, 0.1) is 11.3 Å². The summed E-state index contributed by atoms with van der Waals surface area (Å²) in [7, 11) is 5.25. The third kappa shape index (κ3) is 6.33. The summed E-state index contributed by atoms with van der Waals surface area (Å²) in [5.41, 5.74) is 6.95. The van der Waals surface area contributed by atoms with Crippen LogP contribution in [0.15, 0.2) is 71.5 Å². The van der Waals surface area contributed by atoms with Gasteiger partial charge in [0.1, 0.15) is 17.4 Å². The number of amides is 1. The van der Waals surface area contributed by atoms with Crippen LogP contribution in [0.4, 0.5) is 4.79 Å². The van der Waals surface area contributed by atoms with Crippen LogP contribution in [-0.4, -0.2) is 35.6 Å². The molecule has 7 nitrogen and oxygen atoms in total. The van der Waals surface area contributed by atoms with Gasteiger partial charge in [-0.1, -0.05) is 61.9 Å². The minimum Gasteiger partial charge on any atom is -0.493 e. The molecule has 2 N–H and O–H groups in total. The highest BCUT2D eigenvalue weighted by Crippen LogP contribution is 2.34. The number of fused-ring (bicyclic) bond motifs is 1. The number of rotatable bonds is 10. The average Bonchev–Trinajstić information content (AvgIpc) is 3.70. The minimum absolute atomic E-state index is 0.0102. The van der Waals surface area contributed by atoms with Crippen LogP contribution in [0.3, 0.4) is 0 Å². The molecule has 2 heterocycles. The van der Waals surface area contributed by atoms with Crippen LogP contribution < -0.4 is 15.6 Å². The van der Waals surface area contributed by atoms with E-state index in [0.717, 1.165) is 82.9 Å². The molecule has 0 spiro atoms. The summed E-state index contributed by atoms with van der Waals surface area (Å²) in [5, 5.41) is 10.6. The van der Waals surface area contributed by atoms with E-state index in [1.165, 1.54) is 12.8 Å². The molecule has 216 valence electrons. The molecule has 0 saturated heterocycles. The summed E-state index contributed by atoms with van der Waals surface area (Å²) in [6, 6.07) is 21.5. The van der Waals surface area contributed by atoms with Crippen molar-refractivity contribution in [1.29, 1.82) is 5.41 Å². The van der Waals surface area contributed by atoms with Crippen molar-refractivity contribution < 1.29 is 9.53 Å². The molecule has 43 heavy (non-hydrogen) atoms. The molecular weight excluding hydrogens is 535 g/mol. The topological polar surface area (TPSA) is 97.1 Å². The lowest BCUT2D eigenvalue weighted by Crippen LogP contribution is -2.30. The highest BCUT2D eigenvalue weighted by molar-refractivity contribution is 6.58. The summed E-state index contributed by atoms with van der Waals surface area (Å²) in [6.45, 7) is 2.83. The molecule has 6 rings (SSSR count). The zero-order chi connectivity index (χ0) is 29.9. The number of nitrogens with zero attached hydrogens (tertiary/aromatic N) is 2. The van der Waals surface area contributed by atoms with Crippen LogP contribution in [0.1, 0.15) is 66.4 Å². The molecule has 8 heteroatoms. The number of hydrogen-bond donors (Lipinski definition) is 2. The Morgan fingerprint density at radius 1 is 1.12 bits per heavy atom. The van der Waals surface area contributed by atoms with E-state index in [0.29, 0.717) is 24.5 Å². The van der Waals surface area contributed by atoms with Crippen molar-refractivity contribution in [2.45, 2.75) is 58.3 Å². The Morgan fingerprint density at radius 3 is 2.65 bits per heavy atom. The second-order valence-corrected chi connectivity index (χ2v) is 11.5. The van der Waals surface area contributed by atoms with E-state index in [1.54, 1.807) is 6.07 Å². The van der Waals surface area contributed by atoms with E-state index in [4.69, 9.17) is 23.0 Å². The normalized spacial score (nSPS) is 13.8. The van der Waals surface area contributed by atoms with E-state index in [-0.39, 0.29) is 11.4 Å². The second-order valence-electron chi connectivity index (χ2n) is 11.5. The molecule has 4 aromatic rings. The maximum absolute atomic E-state index is 14.4. The molecule has 1 fully saturated rings. The van der Waals surface area contributed by atoms with Crippen molar-refractivity contribution in [2.75, 3.05) is 6.61 Å². The van der Waals surface area contributed by atoms with Gasteiger partial charge < -0.3 is 10.1 Å². The number of carbonyl (C=O) groups is 1. The lowest BCUT2D eigenvalue weighted by atomic mass is 9.95. The average molecular weight is 571 g/mol. The largest absolute Gasteiger partial charge is 0.493 e. The van der Waals surface area contributed by atoms with Gasteiger partial charge in [-0.2, -0.15) is 0 Å². The summed E-state index contributed by atoms with van der Waals surface area (Å²) < 4.78 is 7.58. The first kappa shape index (κ1) is 28.7. The smallest absolute Gasteiger partial charge is 0.261 e. The highest BCUT2D eigenvalue weighted by atomic mass is 16.5. The van der Waals surface area contributed by atoms with E-state index < -0.39 is 5.81 Å². The van der Waals surface area contributed by atoms with Gasteiger partial charge in [0.15, 0.2) is 5.81 Å². The number of amidine groups is 1. The van der Waals surface area contributed by atoms with Crippen molar-refractivity contribution in [2.24, 2.45) is 5.92 Å². The van der Waals surface area contributed by atoms with Crippen molar-refractivity contribution >= 4 is 19.5 Å². The number of nitrogens with one attached hydrogen (secondary N) is 2. The van der Waals surface area contributed by atoms with Crippen molar-refractivity contribution in [1.82, 2.24) is 14.9 Å². The number of aromatic nitrogens is 2. The van der Waals surface area contributed by atoms with Crippen LogP contribution in [0.25, 0.3) is 16.8 Å². The van der Waals surface area contributed by atoms with Crippen molar-refractivity contribution in [3.63, 3.8) is 0 Å². The first-order valence-corrected chi connectivity index (χ1v) is 15.1. The predicted octanol–water partition coefficient (Wildman–Crippen LogP) is 5.92. The maximum atomic E-state index is 14.4. The molecule has 1 aromatic heterocycles. The molecule has 0 atom stereocenters. The Hall–Kier alpha value is -4.46. The quantitative estimate of drug-likeness (QED) is 0.141. The van der Waals surface area contributed by atoms with Gasteiger partial charge in [-0.3, -0.25) is 19.6 Å². The van der Waals surface area contributed by atoms with Gasteiger partial charge in [-0.15, -0.1) is 0 Å². The zero-order valence-electron chi connectivity index (χ0n) is 24.5. The molecular formula is C35H35BN4O3. The summed E-state index contributed by atoms with van der Waals surface area (Å²) >= 11 is 0. The number of hydrogen-bond acceptors (Lipinski definition) is 5. The zero-order valence-corrected chi connectivity index (χ0v) is 24.5.